The van der Waals surface area contributed by atoms with Gasteiger partial charge in [-0.15, -0.1) is 5.10 Å². The maximum Gasteiger partial charge on any atom is 0.333 e. The summed E-state index contributed by atoms with van der Waals surface area (Å²) in [6, 6.07) is 0. The zero-order valence-corrected chi connectivity index (χ0v) is 8.64. The van der Waals surface area contributed by atoms with Gasteiger partial charge in [0.15, 0.2) is 5.54 Å². The van der Waals surface area contributed by atoms with Gasteiger partial charge < -0.3 is 10.5 Å². The number of hydrogen-bond acceptors (Lipinski definition) is 5. The lowest BCUT2D eigenvalue weighted by atomic mass is 9.77. The number of ether oxygens (including phenoxy) is 1. The van der Waals surface area contributed by atoms with Crippen LogP contribution in [0.1, 0.15) is 25.0 Å². The van der Waals surface area contributed by atoms with Crippen LogP contribution in [0, 0.1) is 0 Å². The number of hydrogen-bond donors (Lipinski definition) is 1. The summed E-state index contributed by atoms with van der Waals surface area (Å²) in [6.07, 6.45) is 4.24. The van der Waals surface area contributed by atoms with E-state index >= 15 is 0 Å². The van der Waals surface area contributed by atoms with Crippen molar-refractivity contribution in [2.45, 2.75) is 31.3 Å². The predicted octanol–water partition coefficient (Wildman–Crippen LogP) is -0.211. The van der Waals surface area contributed by atoms with Crippen molar-refractivity contribution in [2.75, 3.05) is 7.11 Å². The topological polar surface area (TPSA) is 83.0 Å². The lowest BCUT2D eigenvalue weighted by molar-refractivity contribution is -0.157. The third-order valence-electron chi connectivity index (χ3n) is 2.93. The Bertz CT molecular complexity index is 370. The molecule has 6 heteroatoms. The van der Waals surface area contributed by atoms with Crippen LogP contribution in [0.4, 0.5) is 0 Å². The number of aromatic nitrogens is 3. The molecule has 1 aliphatic carbocycles. The van der Waals surface area contributed by atoms with Gasteiger partial charge >= 0.3 is 5.97 Å². The summed E-state index contributed by atoms with van der Waals surface area (Å²) >= 11 is 0. The van der Waals surface area contributed by atoms with Crippen molar-refractivity contribution in [3.05, 3.63) is 11.9 Å². The second-order valence-electron chi connectivity index (χ2n) is 3.74. The van der Waals surface area contributed by atoms with E-state index in [-0.39, 0.29) is 5.97 Å². The Morgan fingerprint density at radius 1 is 1.73 bits per heavy atom. The average Bonchev–Trinajstić information content (AvgIpc) is 2.64. The Labute approximate surface area is 87.4 Å². The third kappa shape index (κ3) is 1.41. The van der Waals surface area contributed by atoms with Crippen molar-refractivity contribution in [1.29, 1.82) is 0 Å². The molecule has 1 aliphatic rings. The largest absolute Gasteiger partial charge is 0.467 e. The number of rotatable bonds is 3. The molecule has 6 nitrogen and oxygen atoms in total. The van der Waals surface area contributed by atoms with Crippen molar-refractivity contribution in [1.82, 2.24) is 15.0 Å². The molecule has 15 heavy (non-hydrogen) atoms. The van der Waals surface area contributed by atoms with E-state index < -0.39 is 5.54 Å². The highest BCUT2D eigenvalue weighted by molar-refractivity contribution is 5.79. The molecular weight excluding hydrogens is 196 g/mol. The van der Waals surface area contributed by atoms with Crippen molar-refractivity contribution in [3.63, 3.8) is 0 Å². The van der Waals surface area contributed by atoms with Crippen molar-refractivity contribution in [3.8, 4) is 0 Å². The zero-order valence-electron chi connectivity index (χ0n) is 8.64. The van der Waals surface area contributed by atoms with Gasteiger partial charge in [0.2, 0.25) is 0 Å². The molecular formula is C9H14N4O2. The standard InChI is InChI=1S/C9H14N4O2/c1-15-8(14)9(3-2-4-9)13-6-7(5-10)11-12-13/h6H,2-5,10H2,1H3. The maximum atomic E-state index is 11.7. The number of esters is 1. The van der Waals surface area contributed by atoms with E-state index in [9.17, 15) is 4.79 Å². The molecule has 2 rings (SSSR count). The van der Waals surface area contributed by atoms with Crippen molar-refractivity contribution in [2.24, 2.45) is 5.73 Å². The molecule has 1 aromatic heterocycles. The molecule has 0 radical (unpaired) electrons. The molecule has 0 spiro atoms. The lowest BCUT2D eigenvalue weighted by Gasteiger charge is -2.38. The highest BCUT2D eigenvalue weighted by Crippen LogP contribution is 2.39. The number of nitrogens with two attached hydrogens (primary N) is 1. The second kappa shape index (κ2) is 3.62. The number of methoxy groups -OCH3 is 1. The molecule has 1 aromatic rings. The Hall–Kier alpha value is -1.43. The van der Waals surface area contributed by atoms with Gasteiger partial charge in [0.25, 0.3) is 0 Å². The monoisotopic (exact) mass is 210 g/mol. The van der Waals surface area contributed by atoms with Crippen LogP contribution in [0.2, 0.25) is 0 Å². The summed E-state index contributed by atoms with van der Waals surface area (Å²) in [5, 5.41) is 7.82. The first-order chi connectivity index (χ1) is 7.23. The first-order valence-corrected chi connectivity index (χ1v) is 4.93. The molecule has 1 heterocycles. The summed E-state index contributed by atoms with van der Waals surface area (Å²) < 4.78 is 6.38. The van der Waals surface area contributed by atoms with Gasteiger partial charge in [-0.25, -0.2) is 9.48 Å². The van der Waals surface area contributed by atoms with E-state index in [1.54, 1.807) is 10.9 Å². The van der Waals surface area contributed by atoms with Gasteiger partial charge in [0.1, 0.15) is 0 Å². The van der Waals surface area contributed by atoms with Crippen molar-refractivity contribution < 1.29 is 9.53 Å². The molecule has 1 saturated carbocycles. The van der Waals surface area contributed by atoms with E-state index in [4.69, 9.17) is 10.5 Å². The minimum Gasteiger partial charge on any atom is -0.467 e. The molecule has 0 aromatic carbocycles. The highest BCUT2D eigenvalue weighted by Gasteiger charge is 2.48. The number of carbonyl (C=O) groups excluding carboxylic acids is 1. The van der Waals surface area contributed by atoms with E-state index in [2.05, 4.69) is 10.3 Å². The first kappa shape index (κ1) is 10.1. The number of nitrogens with zero attached hydrogens (tertiary/aromatic N) is 3. The Morgan fingerprint density at radius 2 is 2.47 bits per heavy atom. The molecule has 1 fully saturated rings. The summed E-state index contributed by atoms with van der Waals surface area (Å²) in [6.45, 7) is 0.331. The highest BCUT2D eigenvalue weighted by atomic mass is 16.5. The van der Waals surface area contributed by atoms with Gasteiger partial charge in [-0.3, -0.25) is 0 Å². The zero-order chi connectivity index (χ0) is 10.9. The molecule has 82 valence electrons. The Morgan fingerprint density at radius 3 is 2.87 bits per heavy atom. The summed E-state index contributed by atoms with van der Waals surface area (Å²) in [5.41, 5.74) is 5.50. The van der Waals surface area contributed by atoms with Crippen LogP contribution in [0.25, 0.3) is 0 Å². The Balaban J connectivity index is 2.29. The summed E-state index contributed by atoms with van der Waals surface area (Å²) in [4.78, 5) is 11.7. The van der Waals surface area contributed by atoms with E-state index in [0.717, 1.165) is 19.3 Å². The van der Waals surface area contributed by atoms with Crippen LogP contribution >= 0.6 is 0 Å². The molecule has 0 unspecified atom stereocenters. The average molecular weight is 210 g/mol. The Kier molecular flexibility index (Phi) is 2.44. The molecule has 0 amide bonds. The fourth-order valence-electron chi connectivity index (χ4n) is 1.83. The fourth-order valence-corrected chi connectivity index (χ4v) is 1.83. The van der Waals surface area contributed by atoms with Crippen molar-refractivity contribution >= 4 is 5.97 Å². The van der Waals surface area contributed by atoms with Crippen LogP contribution in [0.3, 0.4) is 0 Å². The van der Waals surface area contributed by atoms with Gasteiger partial charge in [-0.05, 0) is 19.3 Å². The van der Waals surface area contributed by atoms with E-state index in [1.165, 1.54) is 7.11 Å². The SMILES string of the molecule is COC(=O)C1(n2cc(CN)nn2)CCC1. The molecule has 0 aliphatic heterocycles. The van der Waals surface area contributed by atoms with E-state index in [0.29, 0.717) is 12.2 Å². The van der Waals surface area contributed by atoms with Crippen LogP contribution in [0.5, 0.6) is 0 Å². The predicted molar refractivity (Wildman–Crippen MR) is 51.8 cm³/mol. The normalized spacial score (nSPS) is 18.3. The minimum absolute atomic E-state index is 0.248. The minimum atomic E-state index is -0.630. The molecule has 2 N–H and O–H groups in total. The maximum absolute atomic E-state index is 11.7. The quantitative estimate of drug-likeness (QED) is 0.698. The molecule has 0 bridgehead atoms. The molecule has 0 atom stereocenters. The van der Waals surface area contributed by atoms with Gasteiger partial charge in [-0.2, -0.15) is 0 Å². The first-order valence-electron chi connectivity index (χ1n) is 4.93. The van der Waals surface area contributed by atoms with Gasteiger partial charge in [0, 0.05) is 6.54 Å². The summed E-state index contributed by atoms with van der Waals surface area (Å²) in [5.74, 6) is -0.248. The third-order valence-corrected chi connectivity index (χ3v) is 2.93. The van der Waals surface area contributed by atoms with Gasteiger partial charge in [0.05, 0.1) is 19.0 Å². The smallest absolute Gasteiger partial charge is 0.333 e. The fraction of sp³-hybridized carbons (Fsp3) is 0.667. The lowest BCUT2D eigenvalue weighted by Crippen LogP contribution is -2.48. The number of carbonyl (C=O) groups is 1. The van der Waals surface area contributed by atoms with E-state index in [1.807, 2.05) is 0 Å². The van der Waals surface area contributed by atoms with Crippen LogP contribution in [-0.4, -0.2) is 28.1 Å². The molecule has 0 saturated heterocycles. The second-order valence-corrected chi connectivity index (χ2v) is 3.74. The van der Waals surface area contributed by atoms with Crippen LogP contribution in [-0.2, 0) is 21.6 Å². The summed E-state index contributed by atoms with van der Waals surface area (Å²) in [7, 11) is 1.39. The van der Waals surface area contributed by atoms with Crippen LogP contribution < -0.4 is 5.73 Å². The van der Waals surface area contributed by atoms with Crippen LogP contribution in [0.15, 0.2) is 6.20 Å². The van der Waals surface area contributed by atoms with Gasteiger partial charge in [-0.1, -0.05) is 5.21 Å².